The number of hydrogen-bond acceptors (Lipinski definition) is 8. The quantitative estimate of drug-likeness (QED) is 0.420. The van der Waals surface area contributed by atoms with E-state index in [0.717, 1.165) is 0 Å². The molecular weight excluding hydrogens is 458 g/mol. The Morgan fingerprint density at radius 3 is 2.38 bits per heavy atom. The van der Waals surface area contributed by atoms with E-state index in [1.165, 1.54) is 21.3 Å². The Kier molecular flexibility index (Phi) is 7.56. The fraction of sp³-hybridized carbons (Fsp3) is 0.348. The SMILES string of the molecule is CCOCCOc1c(N2CCN(S(=O)(=O)c3ccccn3)CC2)cnn(-c2ccccc2)c1=O. The zero-order valence-electron chi connectivity index (χ0n) is 18.9. The van der Waals surface area contributed by atoms with Gasteiger partial charge < -0.3 is 14.4 Å². The van der Waals surface area contributed by atoms with Crippen LogP contribution in [0, 0.1) is 0 Å². The molecule has 0 aliphatic carbocycles. The van der Waals surface area contributed by atoms with Gasteiger partial charge in [-0.2, -0.15) is 14.1 Å². The van der Waals surface area contributed by atoms with Crippen molar-refractivity contribution in [3.8, 4) is 11.4 Å². The summed E-state index contributed by atoms with van der Waals surface area (Å²) in [5, 5.41) is 4.38. The van der Waals surface area contributed by atoms with Crippen molar-refractivity contribution in [2.75, 3.05) is 50.9 Å². The lowest BCUT2D eigenvalue weighted by Crippen LogP contribution is -2.49. The van der Waals surface area contributed by atoms with E-state index in [4.69, 9.17) is 9.47 Å². The molecular formula is C23H27N5O5S. The third-order valence-corrected chi connectivity index (χ3v) is 7.23. The molecule has 2 aromatic heterocycles. The fourth-order valence-electron chi connectivity index (χ4n) is 3.69. The third-order valence-electron chi connectivity index (χ3n) is 5.41. The van der Waals surface area contributed by atoms with Crippen LogP contribution >= 0.6 is 0 Å². The second-order valence-electron chi connectivity index (χ2n) is 7.52. The largest absolute Gasteiger partial charge is 0.484 e. The highest BCUT2D eigenvalue weighted by atomic mass is 32.2. The summed E-state index contributed by atoms with van der Waals surface area (Å²) in [5.74, 6) is 0.166. The van der Waals surface area contributed by atoms with E-state index in [1.807, 2.05) is 30.0 Å². The lowest BCUT2D eigenvalue weighted by atomic mass is 10.3. The van der Waals surface area contributed by atoms with Crippen molar-refractivity contribution in [1.29, 1.82) is 0 Å². The van der Waals surface area contributed by atoms with Crippen LogP contribution in [0.25, 0.3) is 5.69 Å². The molecule has 0 radical (unpaired) electrons. The number of nitrogens with zero attached hydrogens (tertiary/aromatic N) is 5. The molecule has 180 valence electrons. The number of para-hydroxylation sites is 1. The van der Waals surface area contributed by atoms with Crippen LogP contribution in [0.4, 0.5) is 5.69 Å². The zero-order chi connectivity index (χ0) is 24.0. The standard InChI is InChI=1S/C23H27N5O5S/c1-2-32-16-17-33-22-20(18-25-28(23(22)29)19-8-4-3-5-9-19)26-12-14-27(15-13-26)34(30,31)21-10-6-7-11-24-21/h3-11,18H,2,12-17H2,1H3. The van der Waals surface area contributed by atoms with E-state index in [1.54, 1.807) is 30.5 Å². The van der Waals surface area contributed by atoms with Crippen LogP contribution in [-0.4, -0.2) is 73.5 Å². The predicted molar refractivity (Wildman–Crippen MR) is 127 cm³/mol. The molecule has 3 aromatic rings. The van der Waals surface area contributed by atoms with Crippen molar-refractivity contribution in [1.82, 2.24) is 19.1 Å². The number of anilines is 1. The molecule has 0 N–H and O–H groups in total. The summed E-state index contributed by atoms with van der Waals surface area (Å²) < 4.78 is 39.7. The second-order valence-corrected chi connectivity index (χ2v) is 9.40. The van der Waals surface area contributed by atoms with Crippen LogP contribution in [-0.2, 0) is 14.8 Å². The molecule has 0 atom stereocenters. The van der Waals surface area contributed by atoms with Gasteiger partial charge in [-0.15, -0.1) is 0 Å². The highest BCUT2D eigenvalue weighted by molar-refractivity contribution is 7.89. The molecule has 3 heterocycles. The van der Waals surface area contributed by atoms with Gasteiger partial charge in [0.15, 0.2) is 5.03 Å². The Labute approximate surface area is 198 Å². The maximum absolute atomic E-state index is 13.3. The average Bonchev–Trinajstić information content (AvgIpc) is 2.88. The second kappa shape index (κ2) is 10.8. The molecule has 0 saturated carbocycles. The van der Waals surface area contributed by atoms with Gasteiger partial charge in [-0.25, -0.2) is 13.4 Å². The molecule has 0 bridgehead atoms. The van der Waals surface area contributed by atoms with Crippen molar-refractivity contribution in [2.24, 2.45) is 0 Å². The summed E-state index contributed by atoms with van der Waals surface area (Å²) in [7, 11) is -3.68. The smallest absolute Gasteiger partial charge is 0.316 e. The van der Waals surface area contributed by atoms with Crippen LogP contribution in [0.5, 0.6) is 5.75 Å². The number of aromatic nitrogens is 3. The van der Waals surface area contributed by atoms with E-state index in [-0.39, 0.29) is 36.0 Å². The highest BCUT2D eigenvalue weighted by Gasteiger charge is 2.31. The van der Waals surface area contributed by atoms with Crippen molar-refractivity contribution in [2.45, 2.75) is 11.9 Å². The highest BCUT2D eigenvalue weighted by Crippen LogP contribution is 2.26. The summed E-state index contributed by atoms with van der Waals surface area (Å²) in [4.78, 5) is 19.2. The van der Waals surface area contributed by atoms with Gasteiger partial charge in [0.05, 0.1) is 18.5 Å². The Morgan fingerprint density at radius 2 is 1.71 bits per heavy atom. The van der Waals surface area contributed by atoms with Crippen LogP contribution in [0.15, 0.2) is 70.7 Å². The first-order valence-electron chi connectivity index (χ1n) is 11.1. The molecule has 0 spiro atoms. The molecule has 1 aromatic carbocycles. The lowest BCUT2D eigenvalue weighted by Gasteiger charge is -2.35. The average molecular weight is 486 g/mol. The number of benzene rings is 1. The minimum atomic E-state index is -3.68. The molecule has 1 fully saturated rings. The number of sulfonamides is 1. The van der Waals surface area contributed by atoms with E-state index in [9.17, 15) is 13.2 Å². The van der Waals surface area contributed by atoms with E-state index >= 15 is 0 Å². The van der Waals surface area contributed by atoms with Crippen LogP contribution in [0.3, 0.4) is 0 Å². The van der Waals surface area contributed by atoms with Gasteiger partial charge in [0.25, 0.3) is 10.0 Å². The Balaban J connectivity index is 1.57. The summed E-state index contributed by atoms with van der Waals surface area (Å²) in [6.45, 7) is 4.25. The molecule has 0 amide bonds. The van der Waals surface area contributed by atoms with E-state index in [2.05, 4.69) is 10.1 Å². The Bertz CT molecular complexity index is 1240. The monoisotopic (exact) mass is 485 g/mol. The van der Waals surface area contributed by atoms with Gasteiger partial charge in [-0.3, -0.25) is 4.79 Å². The number of rotatable bonds is 9. The Morgan fingerprint density at radius 1 is 0.971 bits per heavy atom. The first-order chi connectivity index (χ1) is 16.5. The predicted octanol–water partition coefficient (Wildman–Crippen LogP) is 1.55. The molecule has 10 nitrogen and oxygen atoms in total. The van der Waals surface area contributed by atoms with Crippen LogP contribution < -0.4 is 15.2 Å². The molecule has 11 heteroatoms. The molecule has 1 aliphatic heterocycles. The van der Waals surface area contributed by atoms with Crippen molar-refractivity contribution in [3.63, 3.8) is 0 Å². The Hall–Kier alpha value is -3.28. The van der Waals surface area contributed by atoms with E-state index in [0.29, 0.717) is 37.7 Å². The minimum absolute atomic E-state index is 0.0236. The number of pyridine rings is 1. The lowest BCUT2D eigenvalue weighted by molar-refractivity contribution is 0.109. The van der Waals surface area contributed by atoms with Gasteiger partial charge in [-0.1, -0.05) is 24.3 Å². The maximum Gasteiger partial charge on any atom is 0.316 e. The summed E-state index contributed by atoms with van der Waals surface area (Å²) >= 11 is 0. The molecule has 1 saturated heterocycles. The fourth-order valence-corrected chi connectivity index (χ4v) is 5.04. The maximum atomic E-state index is 13.3. The number of hydrogen-bond donors (Lipinski definition) is 0. The van der Waals surface area contributed by atoms with Gasteiger partial charge in [0, 0.05) is 39.0 Å². The van der Waals surface area contributed by atoms with Gasteiger partial charge in [0.1, 0.15) is 12.3 Å². The van der Waals surface area contributed by atoms with Crippen molar-refractivity contribution >= 4 is 15.7 Å². The van der Waals surface area contributed by atoms with Crippen molar-refractivity contribution in [3.05, 3.63) is 71.3 Å². The van der Waals surface area contributed by atoms with Crippen LogP contribution in [0.1, 0.15) is 6.92 Å². The number of piperazine rings is 1. The molecule has 0 unspecified atom stereocenters. The zero-order valence-corrected chi connectivity index (χ0v) is 19.7. The van der Waals surface area contributed by atoms with Gasteiger partial charge >= 0.3 is 5.56 Å². The first kappa shape index (κ1) is 23.9. The van der Waals surface area contributed by atoms with Crippen LogP contribution in [0.2, 0.25) is 0 Å². The number of ether oxygens (including phenoxy) is 2. The molecule has 34 heavy (non-hydrogen) atoms. The van der Waals surface area contributed by atoms with Gasteiger partial charge in [0.2, 0.25) is 5.75 Å². The third kappa shape index (κ3) is 5.11. The topological polar surface area (TPSA) is 107 Å². The van der Waals surface area contributed by atoms with Gasteiger partial charge in [-0.05, 0) is 31.2 Å². The molecule has 4 rings (SSSR count). The normalized spacial score (nSPS) is 14.8. The summed E-state index contributed by atoms with van der Waals surface area (Å²) in [5.41, 5.74) is 0.771. The van der Waals surface area contributed by atoms with E-state index < -0.39 is 10.0 Å². The summed E-state index contributed by atoms with van der Waals surface area (Å²) in [6, 6.07) is 13.9. The van der Waals surface area contributed by atoms with Crippen molar-refractivity contribution < 1.29 is 17.9 Å². The molecule has 1 aliphatic rings. The first-order valence-corrected chi connectivity index (χ1v) is 12.5. The minimum Gasteiger partial charge on any atom is -0.484 e. The summed E-state index contributed by atoms with van der Waals surface area (Å²) in [6.07, 6.45) is 3.05.